The van der Waals surface area contributed by atoms with Gasteiger partial charge in [-0.3, -0.25) is 4.79 Å². The van der Waals surface area contributed by atoms with Gasteiger partial charge in [0.25, 0.3) is 0 Å². The number of aromatic nitrogens is 1. The molecule has 0 amide bonds. The third kappa shape index (κ3) is 3.96. The molecular weight excluding hydrogens is 302 g/mol. The predicted molar refractivity (Wildman–Crippen MR) is 91.8 cm³/mol. The van der Waals surface area contributed by atoms with E-state index in [2.05, 4.69) is 10.3 Å². The summed E-state index contributed by atoms with van der Waals surface area (Å²) in [5, 5.41) is 3.42. The maximum absolute atomic E-state index is 12.2. The Morgan fingerprint density at radius 2 is 2.10 bits per heavy atom. The molecule has 1 aromatic heterocycles. The summed E-state index contributed by atoms with van der Waals surface area (Å²) in [7, 11) is 0. The molecule has 0 saturated heterocycles. The summed E-state index contributed by atoms with van der Waals surface area (Å²) in [5.41, 5.74) is 8.21. The highest BCUT2D eigenvalue weighted by molar-refractivity contribution is 7.80. The minimum absolute atomic E-state index is 0.0794. The van der Waals surface area contributed by atoms with Gasteiger partial charge in [0.05, 0.1) is 10.6 Å². The highest BCUT2D eigenvalue weighted by Gasteiger charge is 2.13. The van der Waals surface area contributed by atoms with E-state index in [1.54, 1.807) is 13.0 Å². The molecule has 2 rings (SSSR count). The highest BCUT2D eigenvalue weighted by atomic mass is 32.1. The molecule has 2 aromatic rings. The Bertz CT molecular complexity index is 719. The van der Waals surface area contributed by atoms with Gasteiger partial charge in [-0.2, -0.15) is 0 Å². The lowest BCUT2D eigenvalue weighted by Crippen LogP contribution is -2.18. The van der Waals surface area contributed by atoms with Crippen LogP contribution in [0.2, 0.25) is 0 Å². The van der Waals surface area contributed by atoms with Gasteiger partial charge in [0.1, 0.15) is 0 Å². The van der Waals surface area contributed by atoms with Crippen LogP contribution >= 0.6 is 23.6 Å². The number of hydrogen-bond acceptors (Lipinski definition) is 4. The Balaban J connectivity index is 2.19. The predicted octanol–water partition coefficient (Wildman–Crippen LogP) is 3.31. The van der Waals surface area contributed by atoms with Gasteiger partial charge in [0, 0.05) is 0 Å². The molecule has 0 atom stereocenters. The number of ketones is 1. The van der Waals surface area contributed by atoms with Crippen LogP contribution in [0.15, 0.2) is 30.3 Å². The minimum Gasteiger partial charge on any atom is -0.376 e. The number of allylic oxidation sites excluding steroid dienone is 1. The zero-order chi connectivity index (χ0) is 15.4. The second-order valence-corrected chi connectivity index (χ2v) is 5.92. The van der Waals surface area contributed by atoms with E-state index < -0.39 is 0 Å². The van der Waals surface area contributed by atoms with Crippen LogP contribution < -0.4 is 11.1 Å². The summed E-state index contributed by atoms with van der Waals surface area (Å²) >= 11 is 6.00. The number of benzene rings is 1. The van der Waals surface area contributed by atoms with Gasteiger partial charge in [0.2, 0.25) is 0 Å². The van der Waals surface area contributed by atoms with E-state index in [-0.39, 0.29) is 10.9 Å². The first-order valence-corrected chi connectivity index (χ1v) is 7.52. The van der Waals surface area contributed by atoms with Crippen molar-refractivity contribution in [2.45, 2.75) is 13.8 Å². The molecule has 0 aliphatic carbocycles. The van der Waals surface area contributed by atoms with E-state index in [0.717, 1.165) is 11.1 Å². The van der Waals surface area contributed by atoms with Crippen molar-refractivity contribution >= 4 is 45.7 Å². The SMILES string of the molecule is Cc1ccccc1C=CC(=O)c1sc(NC(N)=S)nc1C. The van der Waals surface area contributed by atoms with Crippen LogP contribution in [0.3, 0.4) is 0 Å². The van der Waals surface area contributed by atoms with Crippen LogP contribution in [0.1, 0.15) is 26.5 Å². The van der Waals surface area contributed by atoms with Crippen molar-refractivity contribution < 1.29 is 4.79 Å². The fourth-order valence-electron chi connectivity index (χ4n) is 1.80. The van der Waals surface area contributed by atoms with Crippen LogP contribution in [0.25, 0.3) is 6.08 Å². The molecule has 1 aromatic carbocycles. The maximum atomic E-state index is 12.2. The molecule has 21 heavy (non-hydrogen) atoms. The summed E-state index contributed by atoms with van der Waals surface area (Å²) in [6, 6.07) is 7.89. The van der Waals surface area contributed by atoms with E-state index in [1.807, 2.05) is 37.3 Å². The number of carbonyl (C=O) groups excluding carboxylic acids is 1. The molecule has 6 heteroatoms. The molecule has 0 saturated carbocycles. The first-order chi connectivity index (χ1) is 9.97. The van der Waals surface area contributed by atoms with E-state index in [9.17, 15) is 4.79 Å². The van der Waals surface area contributed by atoms with Crippen LogP contribution in [0.4, 0.5) is 5.13 Å². The molecule has 0 aliphatic rings. The number of thiocarbonyl (C=S) groups is 1. The lowest BCUT2D eigenvalue weighted by atomic mass is 10.1. The fraction of sp³-hybridized carbons (Fsp3) is 0.133. The number of anilines is 1. The number of hydrogen-bond donors (Lipinski definition) is 2. The van der Waals surface area contributed by atoms with Crippen molar-refractivity contribution in [2.75, 3.05) is 5.32 Å². The second-order valence-electron chi connectivity index (χ2n) is 4.48. The maximum Gasteiger partial charge on any atom is 0.197 e. The molecular formula is C15H15N3OS2. The monoisotopic (exact) mass is 317 g/mol. The number of nitrogens with one attached hydrogen (secondary N) is 1. The molecule has 1 heterocycles. The zero-order valence-electron chi connectivity index (χ0n) is 11.7. The Morgan fingerprint density at radius 3 is 2.76 bits per heavy atom. The van der Waals surface area contributed by atoms with Crippen molar-refractivity contribution in [3.05, 3.63) is 52.0 Å². The second kappa shape index (κ2) is 6.60. The first-order valence-electron chi connectivity index (χ1n) is 6.29. The molecule has 108 valence electrons. The quantitative estimate of drug-likeness (QED) is 0.514. The van der Waals surface area contributed by atoms with Gasteiger partial charge in [-0.1, -0.05) is 41.7 Å². The van der Waals surface area contributed by atoms with Gasteiger partial charge in [-0.15, -0.1) is 0 Å². The van der Waals surface area contributed by atoms with E-state index >= 15 is 0 Å². The number of rotatable bonds is 4. The molecule has 0 bridgehead atoms. The van der Waals surface area contributed by atoms with Crippen LogP contribution in [-0.2, 0) is 0 Å². The third-order valence-electron chi connectivity index (χ3n) is 2.85. The molecule has 0 unspecified atom stereocenters. The third-order valence-corrected chi connectivity index (χ3v) is 4.04. The average molecular weight is 317 g/mol. The normalized spacial score (nSPS) is 10.8. The number of thiazole rings is 1. The molecule has 4 nitrogen and oxygen atoms in total. The van der Waals surface area contributed by atoms with Crippen molar-refractivity contribution in [3.63, 3.8) is 0 Å². The summed E-state index contributed by atoms with van der Waals surface area (Å²) in [5.74, 6) is -0.0794. The van der Waals surface area contributed by atoms with Crippen molar-refractivity contribution in [2.24, 2.45) is 5.73 Å². The molecule has 0 radical (unpaired) electrons. The van der Waals surface area contributed by atoms with Crippen molar-refractivity contribution in [1.82, 2.24) is 4.98 Å². The smallest absolute Gasteiger partial charge is 0.197 e. The number of nitrogens with zero attached hydrogens (tertiary/aromatic N) is 1. The Morgan fingerprint density at radius 1 is 1.38 bits per heavy atom. The molecule has 0 aliphatic heterocycles. The van der Waals surface area contributed by atoms with E-state index in [1.165, 1.54) is 11.3 Å². The average Bonchev–Trinajstić information content (AvgIpc) is 2.77. The zero-order valence-corrected chi connectivity index (χ0v) is 13.3. The van der Waals surface area contributed by atoms with Crippen LogP contribution in [0.5, 0.6) is 0 Å². The van der Waals surface area contributed by atoms with Gasteiger partial charge in [-0.25, -0.2) is 4.98 Å². The lowest BCUT2D eigenvalue weighted by Gasteiger charge is -1.98. The van der Waals surface area contributed by atoms with E-state index in [0.29, 0.717) is 15.7 Å². The van der Waals surface area contributed by atoms with Gasteiger partial charge in [-0.05, 0) is 43.3 Å². The Kier molecular flexibility index (Phi) is 4.82. The lowest BCUT2D eigenvalue weighted by molar-refractivity contribution is 0.105. The fourth-order valence-corrected chi connectivity index (χ4v) is 2.86. The minimum atomic E-state index is -0.0794. The molecule has 0 spiro atoms. The summed E-state index contributed by atoms with van der Waals surface area (Å²) in [6.45, 7) is 3.79. The number of aryl methyl sites for hydroxylation is 2. The van der Waals surface area contributed by atoms with E-state index in [4.69, 9.17) is 18.0 Å². The number of carbonyl (C=O) groups is 1. The Hall–Kier alpha value is -2.05. The largest absolute Gasteiger partial charge is 0.376 e. The molecule has 0 fully saturated rings. The van der Waals surface area contributed by atoms with Gasteiger partial charge in [0.15, 0.2) is 16.0 Å². The van der Waals surface area contributed by atoms with Gasteiger partial charge < -0.3 is 11.1 Å². The van der Waals surface area contributed by atoms with Crippen LogP contribution in [-0.4, -0.2) is 15.9 Å². The highest BCUT2D eigenvalue weighted by Crippen LogP contribution is 2.23. The first kappa shape index (κ1) is 15.3. The topological polar surface area (TPSA) is 68.0 Å². The molecule has 3 N–H and O–H groups in total. The van der Waals surface area contributed by atoms with Crippen molar-refractivity contribution in [1.29, 1.82) is 0 Å². The summed E-state index contributed by atoms with van der Waals surface area (Å²) < 4.78 is 0. The van der Waals surface area contributed by atoms with Crippen molar-refractivity contribution in [3.8, 4) is 0 Å². The van der Waals surface area contributed by atoms with Gasteiger partial charge >= 0.3 is 0 Å². The van der Waals surface area contributed by atoms with Crippen LogP contribution in [0, 0.1) is 13.8 Å². The summed E-state index contributed by atoms with van der Waals surface area (Å²) in [6.07, 6.45) is 3.38. The summed E-state index contributed by atoms with van der Waals surface area (Å²) in [4.78, 5) is 17.1. The Labute approximate surface area is 132 Å². The number of nitrogens with two attached hydrogens (primary N) is 1. The standard InChI is InChI=1S/C15H15N3OS2/c1-9-5-3-4-6-11(9)7-8-12(19)13-10(2)17-15(21-13)18-14(16)20/h3-8H,1-2H3,(H3,16,17,18,20).